The van der Waals surface area contributed by atoms with Crippen LogP contribution in [-0.2, 0) is 22.6 Å². The molecule has 9 nitrogen and oxygen atoms in total. The Morgan fingerprint density at radius 1 is 1.20 bits per heavy atom. The first-order valence-electron chi connectivity index (χ1n) is 9.18. The van der Waals surface area contributed by atoms with Gasteiger partial charge >= 0.3 is 12.0 Å². The maximum atomic E-state index is 12.8. The third-order valence-electron chi connectivity index (χ3n) is 4.24. The van der Waals surface area contributed by atoms with Crippen molar-refractivity contribution in [2.45, 2.75) is 26.9 Å². The Morgan fingerprint density at radius 3 is 2.63 bits per heavy atom. The second-order valence-electron chi connectivity index (χ2n) is 6.35. The molecule has 10 heteroatoms. The van der Waals surface area contributed by atoms with Gasteiger partial charge in [0.15, 0.2) is 0 Å². The van der Waals surface area contributed by atoms with E-state index in [0.717, 1.165) is 21.5 Å². The largest absolute Gasteiger partial charge is 0.462 e. The number of urea groups is 1. The summed E-state index contributed by atoms with van der Waals surface area (Å²) in [4.78, 5) is 53.8. The van der Waals surface area contributed by atoms with Crippen LogP contribution in [0.1, 0.15) is 27.7 Å². The standard InChI is InChI=1S/C20H20N4O5S/c1-3-29-19(27)16-12(2)15-17(30-16)22-11-24(18(15)26)10-14(25)23-20(28)21-9-13-7-5-4-6-8-13/h4-8,11H,3,9-10H2,1-2H3,(H2,21,23,25,28). The lowest BCUT2D eigenvalue weighted by atomic mass is 10.2. The lowest BCUT2D eigenvalue weighted by Crippen LogP contribution is -2.41. The average Bonchev–Trinajstić information content (AvgIpc) is 3.07. The number of esters is 1. The SMILES string of the molecule is CCOC(=O)c1sc2ncn(CC(=O)NC(=O)NCc3ccccc3)c(=O)c2c1C. The Labute approximate surface area is 175 Å². The molecule has 0 saturated heterocycles. The fraction of sp³-hybridized carbons (Fsp3) is 0.250. The summed E-state index contributed by atoms with van der Waals surface area (Å²) >= 11 is 1.07. The van der Waals surface area contributed by atoms with Crippen LogP contribution in [0, 0.1) is 6.92 Å². The number of thiophene rings is 1. The fourth-order valence-corrected chi connectivity index (χ4v) is 3.84. The number of amides is 3. The van der Waals surface area contributed by atoms with Crippen LogP contribution in [0.3, 0.4) is 0 Å². The van der Waals surface area contributed by atoms with Crippen molar-refractivity contribution in [3.63, 3.8) is 0 Å². The Bertz CT molecular complexity index is 1150. The topological polar surface area (TPSA) is 119 Å². The van der Waals surface area contributed by atoms with Crippen LogP contribution >= 0.6 is 11.3 Å². The Balaban J connectivity index is 1.69. The van der Waals surface area contributed by atoms with Crippen molar-refractivity contribution < 1.29 is 19.1 Å². The third kappa shape index (κ3) is 4.71. The van der Waals surface area contributed by atoms with E-state index in [9.17, 15) is 19.2 Å². The van der Waals surface area contributed by atoms with Gasteiger partial charge in [-0.2, -0.15) is 0 Å². The van der Waals surface area contributed by atoms with E-state index < -0.39 is 23.5 Å². The summed E-state index contributed by atoms with van der Waals surface area (Å²) in [6, 6.07) is 8.57. The molecular weight excluding hydrogens is 408 g/mol. The second-order valence-corrected chi connectivity index (χ2v) is 7.35. The molecule has 3 aromatic rings. The van der Waals surface area contributed by atoms with E-state index in [2.05, 4.69) is 15.6 Å². The monoisotopic (exact) mass is 428 g/mol. The van der Waals surface area contributed by atoms with E-state index in [1.54, 1.807) is 13.8 Å². The third-order valence-corrected chi connectivity index (χ3v) is 5.42. The first-order chi connectivity index (χ1) is 14.4. The van der Waals surface area contributed by atoms with Gasteiger partial charge < -0.3 is 10.1 Å². The molecule has 30 heavy (non-hydrogen) atoms. The van der Waals surface area contributed by atoms with Crippen LogP contribution in [0.5, 0.6) is 0 Å². The van der Waals surface area contributed by atoms with Crippen LogP contribution in [-0.4, -0.2) is 34.1 Å². The van der Waals surface area contributed by atoms with Crippen LogP contribution in [0.15, 0.2) is 41.5 Å². The van der Waals surface area contributed by atoms with Crippen molar-refractivity contribution in [1.29, 1.82) is 0 Å². The molecule has 2 heterocycles. The summed E-state index contributed by atoms with van der Waals surface area (Å²) in [6.45, 7) is 3.43. The molecule has 0 aliphatic rings. The highest BCUT2D eigenvalue weighted by molar-refractivity contribution is 7.20. The lowest BCUT2D eigenvalue weighted by molar-refractivity contribution is -0.120. The maximum Gasteiger partial charge on any atom is 0.348 e. The number of aryl methyl sites for hydroxylation is 1. The predicted molar refractivity (Wildman–Crippen MR) is 111 cm³/mol. The molecule has 0 unspecified atom stereocenters. The molecule has 0 spiro atoms. The minimum absolute atomic E-state index is 0.219. The van der Waals surface area contributed by atoms with Gasteiger partial charge in [-0.1, -0.05) is 30.3 Å². The Kier molecular flexibility index (Phi) is 6.58. The molecule has 0 aliphatic heterocycles. The minimum atomic E-state index is -0.665. The van der Waals surface area contributed by atoms with E-state index in [4.69, 9.17) is 4.74 Å². The molecular formula is C20H20N4O5S. The number of carbonyl (C=O) groups is 3. The number of hydrogen-bond acceptors (Lipinski definition) is 7. The molecule has 2 N–H and O–H groups in total. The molecule has 0 radical (unpaired) electrons. The highest BCUT2D eigenvalue weighted by Gasteiger charge is 2.21. The summed E-state index contributed by atoms with van der Waals surface area (Å²) in [5, 5.41) is 5.01. The number of imide groups is 1. The Hall–Kier alpha value is -3.53. The van der Waals surface area contributed by atoms with E-state index >= 15 is 0 Å². The van der Waals surface area contributed by atoms with E-state index in [-0.39, 0.29) is 25.1 Å². The molecule has 0 saturated carbocycles. The van der Waals surface area contributed by atoms with Gasteiger partial charge in [0, 0.05) is 6.54 Å². The van der Waals surface area contributed by atoms with Gasteiger partial charge in [0.1, 0.15) is 16.3 Å². The number of fused-ring (bicyclic) bond motifs is 1. The minimum Gasteiger partial charge on any atom is -0.462 e. The van der Waals surface area contributed by atoms with Gasteiger partial charge in [0.25, 0.3) is 5.56 Å². The molecule has 1 aromatic carbocycles. The summed E-state index contributed by atoms with van der Waals surface area (Å²) in [5.41, 5.74) is 0.877. The fourth-order valence-electron chi connectivity index (χ4n) is 2.81. The summed E-state index contributed by atoms with van der Waals surface area (Å²) in [6.07, 6.45) is 1.22. The predicted octanol–water partition coefficient (Wildman–Crippen LogP) is 1.97. The van der Waals surface area contributed by atoms with Crippen molar-refractivity contribution in [3.05, 3.63) is 63.0 Å². The maximum absolute atomic E-state index is 12.8. The summed E-state index contributed by atoms with van der Waals surface area (Å²) in [7, 11) is 0. The first kappa shape index (κ1) is 21.2. The highest BCUT2D eigenvalue weighted by Crippen LogP contribution is 2.27. The Morgan fingerprint density at radius 2 is 1.93 bits per heavy atom. The van der Waals surface area contributed by atoms with Crippen LogP contribution in [0.25, 0.3) is 10.2 Å². The smallest absolute Gasteiger partial charge is 0.348 e. The van der Waals surface area contributed by atoms with Gasteiger partial charge in [0.05, 0.1) is 18.3 Å². The van der Waals surface area contributed by atoms with E-state index in [0.29, 0.717) is 15.3 Å². The number of ether oxygens (including phenoxy) is 1. The average molecular weight is 428 g/mol. The van der Waals surface area contributed by atoms with Gasteiger partial charge in [-0.3, -0.25) is 19.5 Å². The van der Waals surface area contributed by atoms with Crippen LogP contribution < -0.4 is 16.2 Å². The van der Waals surface area contributed by atoms with Crippen molar-refractivity contribution in [3.8, 4) is 0 Å². The normalized spacial score (nSPS) is 10.6. The number of nitrogens with zero attached hydrogens (tertiary/aromatic N) is 2. The van der Waals surface area contributed by atoms with Crippen LogP contribution in [0.4, 0.5) is 4.79 Å². The lowest BCUT2D eigenvalue weighted by Gasteiger charge is -2.08. The van der Waals surface area contributed by atoms with Crippen LogP contribution in [0.2, 0.25) is 0 Å². The number of rotatable bonds is 6. The van der Waals surface area contributed by atoms with Gasteiger partial charge in [-0.05, 0) is 25.0 Å². The number of benzene rings is 1. The second kappa shape index (κ2) is 9.31. The number of aromatic nitrogens is 2. The molecule has 3 amide bonds. The molecule has 0 aliphatic carbocycles. The summed E-state index contributed by atoms with van der Waals surface area (Å²) in [5.74, 6) is -1.18. The zero-order valence-corrected chi connectivity index (χ0v) is 17.2. The number of hydrogen-bond donors (Lipinski definition) is 2. The molecule has 0 atom stereocenters. The zero-order valence-electron chi connectivity index (χ0n) is 16.4. The summed E-state index contributed by atoms with van der Waals surface area (Å²) < 4.78 is 6.09. The van der Waals surface area contributed by atoms with E-state index in [1.807, 2.05) is 30.3 Å². The van der Waals surface area contributed by atoms with Gasteiger partial charge in [-0.25, -0.2) is 14.6 Å². The quantitative estimate of drug-likeness (QED) is 0.580. The van der Waals surface area contributed by atoms with Gasteiger partial charge in [0.2, 0.25) is 5.91 Å². The molecule has 3 rings (SSSR count). The molecule has 0 bridgehead atoms. The van der Waals surface area contributed by atoms with Crippen molar-refractivity contribution in [1.82, 2.24) is 20.2 Å². The van der Waals surface area contributed by atoms with Crippen molar-refractivity contribution in [2.24, 2.45) is 0 Å². The number of nitrogens with one attached hydrogen (secondary N) is 2. The zero-order chi connectivity index (χ0) is 21.7. The number of carbonyl (C=O) groups excluding carboxylic acids is 3. The molecule has 156 valence electrons. The van der Waals surface area contributed by atoms with Gasteiger partial charge in [-0.15, -0.1) is 11.3 Å². The molecule has 2 aromatic heterocycles. The highest BCUT2D eigenvalue weighted by atomic mass is 32.1. The van der Waals surface area contributed by atoms with Crippen molar-refractivity contribution >= 4 is 39.5 Å². The molecule has 0 fully saturated rings. The van der Waals surface area contributed by atoms with E-state index in [1.165, 1.54) is 6.33 Å². The first-order valence-corrected chi connectivity index (χ1v) is 9.99. The van der Waals surface area contributed by atoms with Crippen molar-refractivity contribution in [2.75, 3.05) is 6.61 Å².